The Hall–Kier alpha value is -2.86. The summed E-state index contributed by atoms with van der Waals surface area (Å²) in [6, 6.07) is 6.55. The number of nitrogens with zero attached hydrogens (tertiary/aromatic N) is 2. The average Bonchev–Trinajstić information content (AvgIpc) is 3.38. The van der Waals surface area contributed by atoms with Crippen LogP contribution in [-0.4, -0.2) is 49.3 Å². The number of anilines is 2. The summed E-state index contributed by atoms with van der Waals surface area (Å²) in [6.45, 7) is 1.84. The van der Waals surface area contributed by atoms with Crippen LogP contribution >= 0.6 is 0 Å². The van der Waals surface area contributed by atoms with Gasteiger partial charge in [-0.1, -0.05) is 0 Å². The molecule has 1 aromatic carbocycles. The Morgan fingerprint density at radius 3 is 3.15 bits per heavy atom. The number of aromatic nitrogens is 2. The first-order chi connectivity index (χ1) is 16.1. The number of ether oxygens (including phenoxy) is 2. The van der Waals surface area contributed by atoms with Crippen LogP contribution in [0.5, 0.6) is 11.5 Å². The van der Waals surface area contributed by atoms with Gasteiger partial charge >= 0.3 is 201 Å². The van der Waals surface area contributed by atoms with Gasteiger partial charge in [-0.2, -0.15) is 0 Å². The van der Waals surface area contributed by atoms with Gasteiger partial charge < -0.3 is 0 Å². The molecule has 3 atom stereocenters. The molecular weight excluding hydrogens is 540 g/mol. The first-order valence-corrected chi connectivity index (χ1v) is 13.0. The van der Waals surface area contributed by atoms with Crippen LogP contribution in [0.1, 0.15) is 22.5 Å². The monoisotopic (exact) mass is 562 g/mol. The fourth-order valence-electron chi connectivity index (χ4n) is 4.63. The minimum absolute atomic E-state index is 0.0813. The van der Waals surface area contributed by atoms with E-state index in [9.17, 15) is 9.18 Å². The van der Waals surface area contributed by atoms with E-state index in [0.29, 0.717) is 28.4 Å². The number of fused-ring (bicyclic) bond motifs is 6. The van der Waals surface area contributed by atoms with E-state index >= 15 is 0 Å². The first kappa shape index (κ1) is 20.7. The van der Waals surface area contributed by atoms with Crippen LogP contribution < -0.4 is 41.6 Å². The maximum atomic E-state index is 14.4. The molecule has 6 rings (SSSR count). The van der Waals surface area contributed by atoms with E-state index in [1.54, 1.807) is 24.5 Å². The first-order valence-electron chi connectivity index (χ1n) is 10.8. The summed E-state index contributed by atoms with van der Waals surface area (Å²) >= 11 is -0.397. The Morgan fingerprint density at radius 2 is 2.27 bits per heavy atom. The average molecular weight is 562 g/mol. The molecule has 3 aliphatic rings. The molecule has 3 aliphatic heterocycles. The Balaban J connectivity index is 1.54. The number of para-hydroxylation sites is 1. The van der Waals surface area contributed by atoms with Gasteiger partial charge in [-0.3, -0.25) is 0 Å². The van der Waals surface area contributed by atoms with Gasteiger partial charge in [0.25, 0.3) is 0 Å². The molecule has 1 fully saturated rings. The molecule has 1 amide bonds. The van der Waals surface area contributed by atoms with Gasteiger partial charge in [-0.25, -0.2) is 0 Å². The maximum absolute atomic E-state index is 14.4. The van der Waals surface area contributed by atoms with E-state index in [2.05, 4.69) is 23.7 Å². The molecular formula is C23H22FIN5O3-. The number of pyridine rings is 1. The molecule has 8 nitrogen and oxygen atoms in total. The molecule has 0 spiro atoms. The summed E-state index contributed by atoms with van der Waals surface area (Å²) in [5, 5.41) is 6.50. The second-order valence-electron chi connectivity index (χ2n) is 8.19. The van der Waals surface area contributed by atoms with Crippen LogP contribution in [0, 0.1) is 5.82 Å². The van der Waals surface area contributed by atoms with Crippen molar-refractivity contribution in [3.63, 3.8) is 0 Å². The van der Waals surface area contributed by atoms with E-state index in [-0.39, 0.29) is 21.8 Å². The fraction of sp³-hybridized carbons (Fsp3) is 0.304. The molecule has 1 saturated heterocycles. The van der Waals surface area contributed by atoms with Crippen molar-refractivity contribution in [1.82, 2.24) is 18.4 Å². The Labute approximate surface area is 200 Å². The summed E-state index contributed by atoms with van der Waals surface area (Å²) in [7, 11) is 1.42. The number of methoxy groups -OCH3 is 1. The molecule has 3 aromatic rings. The van der Waals surface area contributed by atoms with Crippen molar-refractivity contribution in [3.8, 4) is 22.8 Å². The van der Waals surface area contributed by atoms with Crippen LogP contribution in [0.25, 0.3) is 11.3 Å². The number of amides is 1. The predicted octanol–water partition coefficient (Wildman–Crippen LogP) is 0.0507. The van der Waals surface area contributed by atoms with Crippen LogP contribution in [0.15, 0.2) is 36.7 Å². The van der Waals surface area contributed by atoms with Gasteiger partial charge in [-0.05, 0) is 0 Å². The molecule has 0 radical (unpaired) electrons. The van der Waals surface area contributed by atoms with E-state index in [1.807, 2.05) is 6.07 Å². The number of aromatic amines is 1. The number of halogens is 2. The number of alkyl halides is 1. The zero-order valence-electron chi connectivity index (χ0n) is 17.8. The molecule has 1 unspecified atom stereocenters. The van der Waals surface area contributed by atoms with Crippen LogP contribution in [-0.2, 0) is 6.42 Å². The van der Waals surface area contributed by atoms with E-state index in [0.717, 1.165) is 37.2 Å². The summed E-state index contributed by atoms with van der Waals surface area (Å²) < 4.78 is 28.6. The predicted molar refractivity (Wildman–Crippen MR) is 116 cm³/mol. The van der Waals surface area contributed by atoms with Gasteiger partial charge in [-0.15, -0.1) is 0 Å². The molecule has 172 valence electrons. The van der Waals surface area contributed by atoms with Gasteiger partial charge in [0.15, 0.2) is 0 Å². The molecule has 5 bridgehead atoms. The van der Waals surface area contributed by atoms with Gasteiger partial charge in [0, 0.05) is 0 Å². The SMILES string of the molecule is COc1c(F)cccc1Nc1c2[nH]c3c1C(=O)N[C@@H](C3)[I-]N1CC[C@H](C1)Oc1cnccc1-2. The van der Waals surface area contributed by atoms with Crippen molar-refractivity contribution in [2.24, 2.45) is 0 Å². The van der Waals surface area contributed by atoms with E-state index < -0.39 is 27.3 Å². The topological polar surface area (TPSA) is 91.5 Å². The minimum atomic E-state index is -0.480. The van der Waals surface area contributed by atoms with Crippen molar-refractivity contribution in [2.45, 2.75) is 23.0 Å². The van der Waals surface area contributed by atoms with Crippen LogP contribution in [0.4, 0.5) is 15.8 Å². The summed E-state index contributed by atoms with van der Waals surface area (Å²) in [6.07, 6.45) is 5.17. The number of H-pyrrole nitrogens is 1. The Morgan fingerprint density at radius 1 is 1.36 bits per heavy atom. The van der Waals surface area contributed by atoms with Crippen molar-refractivity contribution < 1.29 is 40.1 Å². The number of nitrogens with one attached hydrogen (secondary N) is 3. The second-order valence-corrected chi connectivity index (χ2v) is 11.6. The van der Waals surface area contributed by atoms with Crippen molar-refractivity contribution in [1.29, 1.82) is 0 Å². The van der Waals surface area contributed by atoms with Crippen LogP contribution in [0.2, 0.25) is 0 Å². The number of benzene rings is 1. The number of hydrogen-bond acceptors (Lipinski definition) is 6. The number of carbonyl (C=O) groups is 1. The van der Waals surface area contributed by atoms with Gasteiger partial charge in [0.2, 0.25) is 0 Å². The van der Waals surface area contributed by atoms with E-state index in [1.165, 1.54) is 13.2 Å². The zero-order valence-corrected chi connectivity index (χ0v) is 20.0. The molecule has 2 aromatic heterocycles. The van der Waals surface area contributed by atoms with Crippen molar-refractivity contribution >= 4 is 17.3 Å². The summed E-state index contributed by atoms with van der Waals surface area (Å²) in [4.78, 5) is 21.1. The van der Waals surface area contributed by atoms with Gasteiger partial charge in [0.05, 0.1) is 0 Å². The number of carbonyl (C=O) groups excluding carboxylic acids is 1. The van der Waals surface area contributed by atoms with Crippen molar-refractivity contribution in [2.75, 3.05) is 25.5 Å². The molecule has 33 heavy (non-hydrogen) atoms. The number of hydrogen-bond donors (Lipinski definition) is 3. The number of rotatable bonds is 3. The fourth-order valence-corrected chi connectivity index (χ4v) is 7.87. The second kappa shape index (κ2) is 8.17. The summed E-state index contributed by atoms with van der Waals surface area (Å²) in [5.74, 6) is 0.139. The van der Waals surface area contributed by atoms with Crippen molar-refractivity contribution in [3.05, 3.63) is 53.7 Å². The third kappa shape index (κ3) is 3.61. The van der Waals surface area contributed by atoms with Gasteiger partial charge in [0.1, 0.15) is 0 Å². The quantitative estimate of drug-likeness (QED) is 0.181. The standard InChI is InChI=1S/C23H22FIN5O3/c1-32-22-14(24)3-2-4-15(22)27-21-19-16-9-18(29-23(19)31)25-30-8-6-12(11-30)33-17-10-26-7-5-13(17)20(21)28-16/h2-5,7,10,12,18,27-28H,6,8-9,11H2,1H3,(H,29,31)/q-1/t12-,18+/m1/s1. The molecule has 0 aliphatic carbocycles. The normalized spacial score (nSPS) is 23.3. The van der Waals surface area contributed by atoms with E-state index in [4.69, 9.17) is 9.47 Å². The molecule has 10 heteroatoms. The third-order valence-electron chi connectivity index (χ3n) is 6.11. The summed E-state index contributed by atoms with van der Waals surface area (Å²) in [5.41, 5.74) is 3.94. The Bertz CT molecular complexity index is 1250. The van der Waals surface area contributed by atoms with Crippen LogP contribution in [0.3, 0.4) is 0 Å². The zero-order chi connectivity index (χ0) is 22.5. The molecule has 3 N–H and O–H groups in total. The molecule has 0 saturated carbocycles. The third-order valence-corrected chi connectivity index (χ3v) is 9.19. The molecule has 5 heterocycles. The Kier molecular flexibility index (Phi) is 5.13.